The number of halogens is 2. The Morgan fingerprint density at radius 1 is 1.09 bits per heavy atom. The van der Waals surface area contributed by atoms with Gasteiger partial charge in [0, 0.05) is 12.1 Å². The average molecular weight is 497 g/mol. The second-order valence-electron chi connectivity index (χ2n) is 7.38. The Bertz CT molecular complexity index is 1270. The molecule has 1 aromatic heterocycles. The van der Waals surface area contributed by atoms with Crippen LogP contribution in [0.25, 0.3) is 11.4 Å². The van der Waals surface area contributed by atoms with E-state index in [1.807, 2.05) is 47.0 Å². The summed E-state index contributed by atoms with van der Waals surface area (Å²) in [6, 6.07) is 21.6. The quantitative estimate of drug-likeness (QED) is 0.300. The third-order valence-electron chi connectivity index (χ3n) is 5.07. The van der Waals surface area contributed by atoms with E-state index in [1.165, 1.54) is 29.5 Å². The van der Waals surface area contributed by atoms with Crippen LogP contribution in [0.3, 0.4) is 0 Å². The van der Waals surface area contributed by atoms with Crippen LogP contribution < -0.4 is 10.1 Å². The van der Waals surface area contributed by atoms with Crippen LogP contribution in [0.4, 0.5) is 10.1 Å². The standard InChI is InChI=1S/C25H22ClFN4O2S/c1-33-20-10-7-18(8-11-20)24-29-30-25(31(24)14-13-17-5-3-2-4-6-17)34-16-23(32)28-22-12-9-19(27)15-21(22)26/h2-12,15H,13-14,16H2,1H3,(H,28,32). The fourth-order valence-electron chi connectivity index (χ4n) is 3.34. The van der Waals surface area contributed by atoms with Crippen LogP contribution in [-0.4, -0.2) is 33.5 Å². The molecule has 3 aromatic carbocycles. The molecule has 0 unspecified atom stereocenters. The molecule has 1 amide bonds. The summed E-state index contributed by atoms with van der Waals surface area (Å²) in [6.07, 6.45) is 0.785. The van der Waals surface area contributed by atoms with Gasteiger partial charge in [0.05, 0.1) is 23.6 Å². The van der Waals surface area contributed by atoms with Gasteiger partial charge in [0.15, 0.2) is 11.0 Å². The number of nitrogens with one attached hydrogen (secondary N) is 1. The number of rotatable bonds is 9. The highest BCUT2D eigenvalue weighted by Crippen LogP contribution is 2.27. The van der Waals surface area contributed by atoms with E-state index >= 15 is 0 Å². The molecule has 0 spiro atoms. The highest BCUT2D eigenvalue weighted by molar-refractivity contribution is 7.99. The zero-order valence-electron chi connectivity index (χ0n) is 18.4. The minimum absolute atomic E-state index is 0.0970. The van der Waals surface area contributed by atoms with Crippen LogP contribution in [0.5, 0.6) is 5.75 Å². The SMILES string of the molecule is COc1ccc(-c2nnc(SCC(=O)Nc3ccc(F)cc3Cl)n2CCc2ccccc2)cc1. The zero-order chi connectivity index (χ0) is 23.9. The minimum atomic E-state index is -0.463. The van der Waals surface area contributed by atoms with Crippen molar-refractivity contribution in [2.24, 2.45) is 0 Å². The summed E-state index contributed by atoms with van der Waals surface area (Å²) >= 11 is 7.29. The van der Waals surface area contributed by atoms with E-state index in [9.17, 15) is 9.18 Å². The van der Waals surface area contributed by atoms with E-state index in [1.54, 1.807) is 7.11 Å². The number of carbonyl (C=O) groups excluding carboxylic acids is 1. The highest BCUT2D eigenvalue weighted by Gasteiger charge is 2.16. The predicted octanol–water partition coefficient (Wildman–Crippen LogP) is 5.72. The van der Waals surface area contributed by atoms with Gasteiger partial charge in [0.1, 0.15) is 11.6 Å². The predicted molar refractivity (Wildman–Crippen MR) is 133 cm³/mol. The second kappa shape index (κ2) is 11.2. The largest absolute Gasteiger partial charge is 0.497 e. The molecule has 4 aromatic rings. The first-order chi connectivity index (χ1) is 16.5. The third kappa shape index (κ3) is 5.95. The normalized spacial score (nSPS) is 10.8. The van der Waals surface area contributed by atoms with Crippen molar-refractivity contribution in [2.45, 2.75) is 18.1 Å². The summed E-state index contributed by atoms with van der Waals surface area (Å²) in [7, 11) is 1.62. The molecule has 6 nitrogen and oxygen atoms in total. The third-order valence-corrected chi connectivity index (χ3v) is 6.35. The molecule has 9 heteroatoms. The maximum atomic E-state index is 13.3. The molecule has 0 saturated heterocycles. The van der Waals surface area contributed by atoms with Crippen molar-refractivity contribution in [3.63, 3.8) is 0 Å². The summed E-state index contributed by atoms with van der Waals surface area (Å²) in [5.41, 5.74) is 2.45. The molecule has 0 atom stereocenters. The number of hydrogen-bond donors (Lipinski definition) is 1. The summed E-state index contributed by atoms with van der Waals surface area (Å²) in [4.78, 5) is 12.5. The number of benzene rings is 3. The molecule has 0 aliphatic heterocycles. The van der Waals surface area contributed by atoms with Gasteiger partial charge in [0.25, 0.3) is 0 Å². The van der Waals surface area contributed by atoms with Crippen LogP contribution in [0.2, 0.25) is 5.02 Å². The van der Waals surface area contributed by atoms with Crippen molar-refractivity contribution in [3.05, 3.63) is 89.2 Å². The Hall–Kier alpha value is -3.36. The monoisotopic (exact) mass is 496 g/mol. The molecule has 0 fully saturated rings. The minimum Gasteiger partial charge on any atom is -0.497 e. The fraction of sp³-hybridized carbons (Fsp3) is 0.160. The number of aromatic nitrogens is 3. The van der Waals surface area contributed by atoms with Crippen molar-refractivity contribution in [1.82, 2.24) is 14.8 Å². The maximum Gasteiger partial charge on any atom is 0.234 e. The molecule has 174 valence electrons. The Labute approximate surface area is 206 Å². The Morgan fingerprint density at radius 2 is 1.85 bits per heavy atom. The van der Waals surface area contributed by atoms with Gasteiger partial charge in [-0.05, 0) is 54.4 Å². The van der Waals surface area contributed by atoms with Crippen molar-refractivity contribution >= 4 is 35.0 Å². The first-order valence-electron chi connectivity index (χ1n) is 10.5. The van der Waals surface area contributed by atoms with Crippen LogP contribution >= 0.6 is 23.4 Å². The van der Waals surface area contributed by atoms with Gasteiger partial charge >= 0.3 is 0 Å². The Kier molecular flexibility index (Phi) is 7.82. The highest BCUT2D eigenvalue weighted by atomic mass is 35.5. The van der Waals surface area contributed by atoms with Gasteiger partial charge in [0.2, 0.25) is 5.91 Å². The fourth-order valence-corrected chi connectivity index (χ4v) is 4.32. The smallest absolute Gasteiger partial charge is 0.234 e. The topological polar surface area (TPSA) is 69.0 Å². The molecule has 0 saturated carbocycles. The van der Waals surface area contributed by atoms with Gasteiger partial charge in [-0.25, -0.2) is 4.39 Å². The molecule has 34 heavy (non-hydrogen) atoms. The molecule has 1 N–H and O–H groups in total. The summed E-state index contributed by atoms with van der Waals surface area (Å²) in [6.45, 7) is 0.645. The molecular weight excluding hydrogens is 475 g/mol. The van der Waals surface area contributed by atoms with Gasteiger partial charge in [-0.2, -0.15) is 0 Å². The lowest BCUT2D eigenvalue weighted by Gasteiger charge is -2.11. The van der Waals surface area contributed by atoms with Crippen molar-refractivity contribution < 1.29 is 13.9 Å². The first kappa shape index (κ1) is 23.8. The molecule has 0 bridgehead atoms. The summed E-state index contributed by atoms with van der Waals surface area (Å²) in [5, 5.41) is 12.2. The Morgan fingerprint density at radius 3 is 2.56 bits per heavy atom. The second-order valence-corrected chi connectivity index (χ2v) is 8.73. The van der Waals surface area contributed by atoms with Crippen LogP contribution in [0, 0.1) is 5.82 Å². The molecule has 0 radical (unpaired) electrons. The number of hydrogen-bond acceptors (Lipinski definition) is 5. The summed E-state index contributed by atoms with van der Waals surface area (Å²) in [5.74, 6) is 0.824. The van der Waals surface area contributed by atoms with Crippen molar-refractivity contribution in [1.29, 1.82) is 0 Å². The number of nitrogens with zero attached hydrogens (tertiary/aromatic N) is 3. The van der Waals surface area contributed by atoms with E-state index in [0.717, 1.165) is 23.8 Å². The molecule has 0 aliphatic rings. The van der Waals surface area contributed by atoms with E-state index in [0.29, 0.717) is 23.2 Å². The molecule has 4 rings (SSSR count). The van der Waals surface area contributed by atoms with E-state index in [4.69, 9.17) is 16.3 Å². The zero-order valence-corrected chi connectivity index (χ0v) is 19.9. The molecule has 0 aliphatic carbocycles. The first-order valence-corrected chi connectivity index (χ1v) is 11.9. The number of aryl methyl sites for hydroxylation is 1. The maximum absolute atomic E-state index is 13.3. The van der Waals surface area contributed by atoms with Gasteiger partial charge in [-0.3, -0.25) is 4.79 Å². The molecule has 1 heterocycles. The average Bonchev–Trinajstić information content (AvgIpc) is 3.26. The van der Waals surface area contributed by atoms with Crippen LogP contribution in [0.15, 0.2) is 78.0 Å². The Balaban J connectivity index is 1.51. The van der Waals surface area contributed by atoms with E-state index in [2.05, 4.69) is 27.6 Å². The van der Waals surface area contributed by atoms with Crippen molar-refractivity contribution in [2.75, 3.05) is 18.2 Å². The van der Waals surface area contributed by atoms with Gasteiger partial charge in [-0.1, -0.05) is 53.7 Å². The molecular formula is C25H22ClFN4O2S. The van der Waals surface area contributed by atoms with Crippen LogP contribution in [0.1, 0.15) is 5.56 Å². The summed E-state index contributed by atoms with van der Waals surface area (Å²) < 4.78 is 20.5. The number of ether oxygens (including phenoxy) is 1. The lowest BCUT2D eigenvalue weighted by Crippen LogP contribution is -2.15. The van der Waals surface area contributed by atoms with E-state index in [-0.39, 0.29) is 16.7 Å². The number of thioether (sulfide) groups is 1. The lowest BCUT2D eigenvalue weighted by molar-refractivity contribution is -0.113. The van der Waals surface area contributed by atoms with Gasteiger partial charge < -0.3 is 14.6 Å². The number of carbonyl (C=O) groups is 1. The van der Waals surface area contributed by atoms with Gasteiger partial charge in [-0.15, -0.1) is 10.2 Å². The number of methoxy groups -OCH3 is 1. The van der Waals surface area contributed by atoms with E-state index < -0.39 is 5.82 Å². The lowest BCUT2D eigenvalue weighted by atomic mass is 10.1. The number of anilines is 1. The van der Waals surface area contributed by atoms with Crippen molar-refractivity contribution in [3.8, 4) is 17.1 Å². The van der Waals surface area contributed by atoms with Crippen LogP contribution in [-0.2, 0) is 17.8 Å². The number of amides is 1.